The van der Waals surface area contributed by atoms with Crippen LogP contribution in [-0.4, -0.2) is 67.0 Å². The Morgan fingerprint density at radius 3 is 2.55 bits per heavy atom. The molecule has 2 N–H and O–H groups in total. The number of sulfone groups is 1. The molecule has 0 spiro atoms. The van der Waals surface area contributed by atoms with E-state index in [0.29, 0.717) is 6.42 Å². The Labute approximate surface area is 118 Å². The maximum Gasteiger partial charge on any atom is 0.317 e. The van der Waals surface area contributed by atoms with Crippen molar-refractivity contribution in [3.63, 3.8) is 0 Å². The molecule has 1 rings (SSSR count). The SMILES string of the molecule is C=CCN(CC(=O)O)CC(=O)NC1(C)CCS(=O)(=O)C1. The van der Waals surface area contributed by atoms with Gasteiger partial charge in [-0.15, -0.1) is 6.58 Å². The second-order valence-electron chi connectivity index (χ2n) is 5.30. The molecule has 1 saturated heterocycles. The summed E-state index contributed by atoms with van der Waals surface area (Å²) < 4.78 is 22.9. The van der Waals surface area contributed by atoms with Crippen LogP contribution in [0.2, 0.25) is 0 Å². The second-order valence-corrected chi connectivity index (χ2v) is 7.49. The molecule has 7 nitrogen and oxygen atoms in total. The van der Waals surface area contributed by atoms with Gasteiger partial charge in [-0.3, -0.25) is 14.5 Å². The van der Waals surface area contributed by atoms with Crippen molar-refractivity contribution in [3.05, 3.63) is 12.7 Å². The molecule has 1 aliphatic heterocycles. The highest BCUT2D eigenvalue weighted by Gasteiger charge is 2.39. The van der Waals surface area contributed by atoms with Gasteiger partial charge in [-0.05, 0) is 13.3 Å². The van der Waals surface area contributed by atoms with Gasteiger partial charge in [0.15, 0.2) is 9.84 Å². The zero-order chi connectivity index (χ0) is 15.4. The third-order valence-corrected chi connectivity index (χ3v) is 4.96. The first-order valence-corrected chi connectivity index (χ1v) is 8.04. The minimum absolute atomic E-state index is 0.0648. The van der Waals surface area contributed by atoms with E-state index < -0.39 is 21.3 Å². The molecule has 0 saturated carbocycles. The summed E-state index contributed by atoms with van der Waals surface area (Å²) in [5.41, 5.74) is -0.765. The molecule has 0 radical (unpaired) electrons. The quantitative estimate of drug-likeness (QED) is 0.600. The lowest BCUT2D eigenvalue weighted by molar-refractivity contribution is -0.138. The second kappa shape index (κ2) is 6.36. The monoisotopic (exact) mass is 304 g/mol. The van der Waals surface area contributed by atoms with Gasteiger partial charge >= 0.3 is 5.97 Å². The summed E-state index contributed by atoms with van der Waals surface area (Å²) in [4.78, 5) is 24.0. The molecule has 0 bridgehead atoms. The molecule has 1 atom stereocenters. The summed E-state index contributed by atoms with van der Waals surface area (Å²) >= 11 is 0. The van der Waals surface area contributed by atoms with E-state index in [2.05, 4.69) is 11.9 Å². The molecule has 1 amide bonds. The van der Waals surface area contributed by atoms with Gasteiger partial charge in [0, 0.05) is 6.54 Å². The van der Waals surface area contributed by atoms with E-state index in [1.165, 1.54) is 11.0 Å². The van der Waals surface area contributed by atoms with Crippen molar-refractivity contribution in [3.8, 4) is 0 Å². The van der Waals surface area contributed by atoms with Gasteiger partial charge in [-0.25, -0.2) is 8.42 Å². The predicted octanol–water partition coefficient (Wildman–Crippen LogP) is -0.748. The number of aliphatic carboxylic acids is 1. The minimum Gasteiger partial charge on any atom is -0.480 e. The molecule has 0 aromatic heterocycles. The molecule has 20 heavy (non-hydrogen) atoms. The molecular weight excluding hydrogens is 284 g/mol. The van der Waals surface area contributed by atoms with Crippen LogP contribution < -0.4 is 5.32 Å². The van der Waals surface area contributed by atoms with Gasteiger partial charge in [0.1, 0.15) is 0 Å². The number of hydrogen-bond donors (Lipinski definition) is 2. The highest BCUT2D eigenvalue weighted by atomic mass is 32.2. The van der Waals surface area contributed by atoms with Crippen molar-refractivity contribution in [2.24, 2.45) is 0 Å². The Morgan fingerprint density at radius 2 is 2.10 bits per heavy atom. The molecule has 1 fully saturated rings. The topological polar surface area (TPSA) is 104 Å². The fourth-order valence-electron chi connectivity index (χ4n) is 2.25. The average molecular weight is 304 g/mol. The van der Waals surface area contributed by atoms with Crippen LogP contribution in [0.1, 0.15) is 13.3 Å². The average Bonchev–Trinajstić information content (AvgIpc) is 2.51. The lowest BCUT2D eigenvalue weighted by atomic mass is 10.0. The molecule has 114 valence electrons. The number of carboxylic acids is 1. The fraction of sp³-hybridized carbons (Fsp3) is 0.667. The van der Waals surface area contributed by atoms with E-state index >= 15 is 0 Å². The number of carbonyl (C=O) groups is 2. The Balaban J connectivity index is 2.57. The van der Waals surface area contributed by atoms with Crippen LogP contribution in [0.4, 0.5) is 0 Å². The largest absolute Gasteiger partial charge is 0.480 e. The molecule has 1 heterocycles. The van der Waals surface area contributed by atoms with Gasteiger partial charge in [-0.1, -0.05) is 6.08 Å². The van der Waals surface area contributed by atoms with Crippen LogP contribution in [0.3, 0.4) is 0 Å². The third kappa shape index (κ3) is 5.30. The van der Waals surface area contributed by atoms with Crippen LogP contribution in [0, 0.1) is 0 Å². The number of carbonyl (C=O) groups excluding carboxylic acids is 1. The van der Waals surface area contributed by atoms with Crippen molar-refractivity contribution in [2.45, 2.75) is 18.9 Å². The first-order valence-electron chi connectivity index (χ1n) is 6.22. The summed E-state index contributed by atoms with van der Waals surface area (Å²) in [5, 5.41) is 11.4. The lowest BCUT2D eigenvalue weighted by Crippen LogP contribution is -2.50. The van der Waals surface area contributed by atoms with Crippen LogP contribution >= 0.6 is 0 Å². The van der Waals surface area contributed by atoms with Crippen molar-refractivity contribution in [1.29, 1.82) is 0 Å². The van der Waals surface area contributed by atoms with Gasteiger partial charge in [0.05, 0.1) is 30.1 Å². The highest BCUT2D eigenvalue weighted by molar-refractivity contribution is 7.91. The van der Waals surface area contributed by atoms with E-state index in [0.717, 1.165) is 0 Å². The maximum absolute atomic E-state index is 11.9. The Morgan fingerprint density at radius 1 is 1.45 bits per heavy atom. The van der Waals surface area contributed by atoms with Crippen molar-refractivity contribution >= 4 is 21.7 Å². The van der Waals surface area contributed by atoms with Crippen LogP contribution in [0.5, 0.6) is 0 Å². The Bertz CT molecular complexity index is 502. The van der Waals surface area contributed by atoms with Gasteiger partial charge in [-0.2, -0.15) is 0 Å². The lowest BCUT2D eigenvalue weighted by Gasteiger charge is -2.26. The molecule has 1 aliphatic rings. The van der Waals surface area contributed by atoms with Crippen LogP contribution in [0.25, 0.3) is 0 Å². The first kappa shape index (κ1) is 16.6. The number of hydrogen-bond acceptors (Lipinski definition) is 5. The van der Waals surface area contributed by atoms with Crippen LogP contribution in [-0.2, 0) is 19.4 Å². The van der Waals surface area contributed by atoms with E-state index in [1.54, 1.807) is 6.92 Å². The third-order valence-electron chi connectivity index (χ3n) is 3.06. The molecule has 0 aromatic rings. The number of rotatable bonds is 7. The first-order chi connectivity index (χ1) is 9.16. The minimum atomic E-state index is -3.10. The zero-order valence-corrected chi connectivity index (χ0v) is 12.3. The number of nitrogens with one attached hydrogen (secondary N) is 1. The highest BCUT2D eigenvalue weighted by Crippen LogP contribution is 2.22. The standard InChI is InChI=1S/C12H20N2O5S/c1-3-5-14(8-11(16)17)7-10(15)13-12(2)4-6-20(18,19)9-12/h3H,1,4-9H2,2H3,(H,13,15)(H,16,17). The van der Waals surface area contributed by atoms with Crippen molar-refractivity contribution < 1.29 is 23.1 Å². The predicted molar refractivity (Wildman–Crippen MR) is 74.1 cm³/mol. The molecule has 0 aromatic carbocycles. The van der Waals surface area contributed by atoms with Crippen LogP contribution in [0.15, 0.2) is 12.7 Å². The van der Waals surface area contributed by atoms with Crippen molar-refractivity contribution in [2.75, 3.05) is 31.1 Å². The van der Waals surface area contributed by atoms with E-state index in [4.69, 9.17) is 5.11 Å². The summed E-state index contributed by atoms with van der Waals surface area (Å²) in [7, 11) is -3.10. The van der Waals surface area contributed by atoms with Gasteiger partial charge in [0.2, 0.25) is 5.91 Å². The van der Waals surface area contributed by atoms with E-state index in [1.807, 2.05) is 0 Å². The Kier molecular flexibility index (Phi) is 5.29. The molecule has 1 unspecified atom stereocenters. The molecular formula is C12H20N2O5S. The molecule has 0 aliphatic carbocycles. The maximum atomic E-state index is 11.9. The summed E-state index contributed by atoms with van der Waals surface area (Å²) in [6.07, 6.45) is 1.89. The summed E-state index contributed by atoms with van der Waals surface area (Å²) in [6, 6.07) is 0. The fourth-order valence-corrected chi connectivity index (χ4v) is 4.34. The Hall–Kier alpha value is -1.41. The number of nitrogens with zero attached hydrogens (tertiary/aromatic N) is 1. The number of amides is 1. The van der Waals surface area contributed by atoms with E-state index in [-0.39, 0.29) is 37.0 Å². The summed E-state index contributed by atoms with van der Waals surface area (Å²) in [6.45, 7) is 5.09. The smallest absolute Gasteiger partial charge is 0.317 e. The van der Waals surface area contributed by atoms with Crippen molar-refractivity contribution in [1.82, 2.24) is 10.2 Å². The number of carboxylic acid groups (broad SMARTS) is 1. The van der Waals surface area contributed by atoms with Gasteiger partial charge < -0.3 is 10.4 Å². The normalized spacial score (nSPS) is 24.5. The zero-order valence-electron chi connectivity index (χ0n) is 11.5. The van der Waals surface area contributed by atoms with E-state index in [9.17, 15) is 18.0 Å². The van der Waals surface area contributed by atoms with Gasteiger partial charge in [0.25, 0.3) is 0 Å². The molecule has 8 heteroatoms. The summed E-state index contributed by atoms with van der Waals surface area (Å²) in [5.74, 6) is -1.43.